The minimum atomic E-state index is -0.728. The second-order valence-electron chi connectivity index (χ2n) is 12.7. The van der Waals surface area contributed by atoms with Crippen LogP contribution in [0.1, 0.15) is 76.7 Å². The SMILES string of the molecule is COc1ccc([C@H](Cc2c(Cl)cncc2Cl)OC(=O)c2ccc(CNC(C(=O)OCC3CCN(C)CC3)C3CCCCC3)s2)cc1OC. The lowest BCUT2D eigenvalue weighted by atomic mass is 9.84. The first-order valence-electron chi connectivity index (χ1n) is 16.6. The molecule has 2 fully saturated rings. The highest BCUT2D eigenvalue weighted by molar-refractivity contribution is 7.13. The molecule has 260 valence electrons. The molecule has 2 aliphatic rings. The second-order valence-corrected chi connectivity index (χ2v) is 14.7. The van der Waals surface area contributed by atoms with Crippen LogP contribution in [0.3, 0.4) is 0 Å². The number of likely N-dealkylation sites (tertiary alicyclic amines) is 1. The summed E-state index contributed by atoms with van der Waals surface area (Å²) >= 11 is 14.3. The number of nitrogens with zero attached hydrogens (tertiary/aromatic N) is 2. The number of ether oxygens (including phenoxy) is 4. The van der Waals surface area contributed by atoms with Crippen molar-refractivity contribution in [3.63, 3.8) is 0 Å². The summed E-state index contributed by atoms with van der Waals surface area (Å²) in [7, 11) is 5.24. The van der Waals surface area contributed by atoms with Gasteiger partial charge >= 0.3 is 11.9 Å². The zero-order chi connectivity index (χ0) is 34.0. The molecule has 1 saturated carbocycles. The third-order valence-electron chi connectivity index (χ3n) is 9.40. The summed E-state index contributed by atoms with van der Waals surface area (Å²) in [5, 5.41) is 4.26. The normalized spacial score (nSPS) is 17.4. The number of methoxy groups -OCH3 is 2. The predicted octanol–water partition coefficient (Wildman–Crippen LogP) is 7.53. The molecule has 9 nitrogen and oxygen atoms in total. The maximum Gasteiger partial charge on any atom is 0.348 e. The first kappa shape index (κ1) is 36.4. The van der Waals surface area contributed by atoms with Crippen LogP contribution in [-0.4, -0.2) is 68.8 Å². The van der Waals surface area contributed by atoms with E-state index < -0.39 is 12.1 Å². The van der Waals surface area contributed by atoms with Crippen LogP contribution in [0.5, 0.6) is 11.5 Å². The van der Waals surface area contributed by atoms with Gasteiger partial charge in [-0.05, 0) is 93.0 Å². The van der Waals surface area contributed by atoms with Crippen molar-refractivity contribution in [1.29, 1.82) is 0 Å². The lowest BCUT2D eigenvalue weighted by Gasteiger charge is -2.31. The Kier molecular flexibility index (Phi) is 13.4. The van der Waals surface area contributed by atoms with Crippen LogP contribution in [0.15, 0.2) is 42.7 Å². The van der Waals surface area contributed by atoms with Crippen LogP contribution in [0.4, 0.5) is 0 Å². The van der Waals surface area contributed by atoms with Gasteiger partial charge in [-0.25, -0.2) is 4.79 Å². The lowest BCUT2D eigenvalue weighted by Crippen LogP contribution is -2.45. The molecule has 12 heteroatoms. The minimum absolute atomic E-state index is 0.164. The van der Waals surface area contributed by atoms with E-state index in [0.717, 1.165) is 56.5 Å². The van der Waals surface area contributed by atoms with Crippen molar-refractivity contribution < 1.29 is 28.5 Å². The number of thiophene rings is 1. The number of hydrogen-bond donors (Lipinski definition) is 1. The smallest absolute Gasteiger partial charge is 0.348 e. The van der Waals surface area contributed by atoms with Gasteiger partial charge < -0.3 is 23.8 Å². The molecular formula is C36H45Cl2N3O6S. The molecule has 2 aromatic heterocycles. The van der Waals surface area contributed by atoms with E-state index in [1.54, 1.807) is 32.4 Å². The number of esters is 2. The number of rotatable bonds is 14. The number of benzene rings is 1. The monoisotopic (exact) mass is 717 g/mol. The summed E-state index contributed by atoms with van der Waals surface area (Å²) in [5.41, 5.74) is 1.31. The maximum atomic E-state index is 13.6. The number of pyridine rings is 1. The Labute approximate surface area is 297 Å². The summed E-state index contributed by atoms with van der Waals surface area (Å²) in [4.78, 5) is 34.7. The number of carbonyl (C=O) groups is 2. The number of nitrogens with one attached hydrogen (secondary N) is 1. The van der Waals surface area contributed by atoms with Gasteiger partial charge in [0.25, 0.3) is 0 Å². The average Bonchev–Trinajstić information content (AvgIpc) is 3.58. The van der Waals surface area contributed by atoms with E-state index in [-0.39, 0.29) is 24.3 Å². The van der Waals surface area contributed by atoms with E-state index in [1.165, 1.54) is 30.2 Å². The zero-order valence-corrected chi connectivity index (χ0v) is 30.2. The van der Waals surface area contributed by atoms with Gasteiger partial charge in [-0.1, -0.05) is 48.5 Å². The molecule has 1 aliphatic carbocycles. The molecule has 0 amide bonds. The van der Waals surface area contributed by atoms with E-state index in [0.29, 0.717) is 56.6 Å². The van der Waals surface area contributed by atoms with Gasteiger partial charge in [0.2, 0.25) is 0 Å². The zero-order valence-electron chi connectivity index (χ0n) is 27.8. The second kappa shape index (κ2) is 17.7. The van der Waals surface area contributed by atoms with E-state index in [2.05, 4.69) is 22.2 Å². The highest BCUT2D eigenvalue weighted by atomic mass is 35.5. The van der Waals surface area contributed by atoms with E-state index in [4.69, 9.17) is 42.1 Å². The van der Waals surface area contributed by atoms with Crippen LogP contribution in [0, 0.1) is 11.8 Å². The molecule has 0 bridgehead atoms. The van der Waals surface area contributed by atoms with Crippen molar-refractivity contribution in [2.75, 3.05) is 41.0 Å². The fourth-order valence-corrected chi connectivity index (χ4v) is 7.87. The Morgan fingerprint density at radius 2 is 1.69 bits per heavy atom. The van der Waals surface area contributed by atoms with Crippen molar-refractivity contribution in [3.05, 3.63) is 73.7 Å². The quantitative estimate of drug-likeness (QED) is 0.170. The van der Waals surface area contributed by atoms with Gasteiger partial charge in [0.05, 0.1) is 30.9 Å². The first-order chi connectivity index (χ1) is 23.2. The lowest BCUT2D eigenvalue weighted by molar-refractivity contribution is -0.150. The van der Waals surface area contributed by atoms with Crippen LogP contribution < -0.4 is 14.8 Å². The third kappa shape index (κ3) is 9.63. The molecule has 1 unspecified atom stereocenters. The average molecular weight is 719 g/mol. The van der Waals surface area contributed by atoms with Crippen molar-refractivity contribution in [2.24, 2.45) is 11.8 Å². The molecule has 1 saturated heterocycles. The summed E-state index contributed by atoms with van der Waals surface area (Å²) < 4.78 is 22.9. The summed E-state index contributed by atoms with van der Waals surface area (Å²) in [6.07, 6.45) is 10.1. The number of carbonyl (C=O) groups excluding carboxylic acids is 2. The van der Waals surface area contributed by atoms with Gasteiger partial charge in [0.1, 0.15) is 17.0 Å². The summed E-state index contributed by atoms with van der Waals surface area (Å²) in [5.74, 6) is 1.07. The molecular weight excluding hydrogens is 673 g/mol. The third-order valence-corrected chi connectivity index (χ3v) is 11.1. The standard InChI is InChI=1S/C36H45Cl2N3O6S/c1-41-15-13-23(14-16-41)22-46-36(43)34(24-7-5-4-6-8-24)40-19-26-10-12-33(48-26)35(42)47-31(18-27-28(37)20-39-21-29(27)38)25-9-11-30(44-2)32(17-25)45-3/h9-12,17,20-21,23-24,31,34,40H,4-8,13-16,18-19,22H2,1-3H3/t31-,34?/m0/s1. The highest BCUT2D eigenvalue weighted by Crippen LogP contribution is 2.36. The Morgan fingerprint density at radius 1 is 0.979 bits per heavy atom. The largest absolute Gasteiger partial charge is 0.493 e. The van der Waals surface area contributed by atoms with Crippen molar-refractivity contribution in [3.8, 4) is 11.5 Å². The number of piperidine rings is 1. The van der Waals surface area contributed by atoms with Crippen molar-refractivity contribution in [1.82, 2.24) is 15.2 Å². The Hall–Kier alpha value is -2.89. The molecule has 0 radical (unpaired) electrons. The van der Waals surface area contributed by atoms with Crippen molar-refractivity contribution in [2.45, 2.75) is 70.1 Å². The Bertz CT molecular complexity index is 1500. The molecule has 2 atom stereocenters. The van der Waals surface area contributed by atoms with Gasteiger partial charge in [0, 0.05) is 30.2 Å². The molecule has 48 heavy (non-hydrogen) atoms. The van der Waals surface area contributed by atoms with E-state index >= 15 is 0 Å². The van der Waals surface area contributed by atoms with Crippen LogP contribution in [0.2, 0.25) is 10.0 Å². The number of aromatic nitrogens is 1. The van der Waals surface area contributed by atoms with Crippen LogP contribution in [0.25, 0.3) is 0 Å². The van der Waals surface area contributed by atoms with Crippen LogP contribution in [-0.2, 0) is 27.2 Å². The molecule has 5 rings (SSSR count). The van der Waals surface area contributed by atoms with E-state index in [9.17, 15) is 9.59 Å². The summed E-state index contributed by atoms with van der Waals surface area (Å²) in [6, 6.07) is 8.65. The topological polar surface area (TPSA) is 99.2 Å². The Morgan fingerprint density at radius 3 is 2.38 bits per heavy atom. The van der Waals surface area contributed by atoms with Crippen LogP contribution >= 0.6 is 34.5 Å². The number of hydrogen-bond acceptors (Lipinski definition) is 10. The molecule has 1 N–H and O–H groups in total. The highest BCUT2D eigenvalue weighted by Gasteiger charge is 2.32. The van der Waals surface area contributed by atoms with Gasteiger partial charge in [-0.15, -0.1) is 11.3 Å². The molecule has 1 aliphatic heterocycles. The van der Waals surface area contributed by atoms with Gasteiger partial charge in [-0.3, -0.25) is 15.1 Å². The summed E-state index contributed by atoms with van der Waals surface area (Å²) in [6.45, 7) is 3.00. The van der Waals surface area contributed by atoms with Gasteiger partial charge in [0.15, 0.2) is 11.5 Å². The van der Waals surface area contributed by atoms with Crippen molar-refractivity contribution >= 4 is 46.5 Å². The fraction of sp³-hybridized carbons (Fsp3) is 0.528. The predicted molar refractivity (Wildman–Crippen MR) is 188 cm³/mol. The molecule has 0 spiro atoms. The molecule has 1 aromatic carbocycles. The number of halogens is 2. The fourth-order valence-electron chi connectivity index (χ4n) is 6.51. The van der Waals surface area contributed by atoms with E-state index in [1.807, 2.05) is 12.1 Å². The minimum Gasteiger partial charge on any atom is -0.493 e. The maximum absolute atomic E-state index is 13.6. The van der Waals surface area contributed by atoms with Gasteiger partial charge in [-0.2, -0.15) is 0 Å². The molecule has 3 aromatic rings. The Balaban J connectivity index is 1.27. The molecule has 3 heterocycles. The first-order valence-corrected chi connectivity index (χ1v) is 18.2.